The summed E-state index contributed by atoms with van der Waals surface area (Å²) in [6.45, 7) is 3.60. The SMILES string of the molecule is COCCN1CCCC(CNC(=O)Nc2cc(C(F)(F)F)ccc2F)C1. The van der Waals surface area contributed by atoms with E-state index >= 15 is 0 Å². The van der Waals surface area contributed by atoms with Crippen LogP contribution >= 0.6 is 0 Å². The van der Waals surface area contributed by atoms with Crippen LogP contribution in [0.1, 0.15) is 18.4 Å². The monoisotopic (exact) mass is 377 g/mol. The molecule has 0 aromatic heterocycles. The van der Waals surface area contributed by atoms with Gasteiger partial charge in [0.2, 0.25) is 0 Å². The lowest BCUT2D eigenvalue weighted by Gasteiger charge is -2.32. The Morgan fingerprint density at radius 3 is 2.85 bits per heavy atom. The van der Waals surface area contributed by atoms with Gasteiger partial charge >= 0.3 is 12.2 Å². The molecule has 1 aliphatic heterocycles. The molecule has 1 aromatic carbocycles. The van der Waals surface area contributed by atoms with E-state index in [1.807, 2.05) is 0 Å². The molecule has 9 heteroatoms. The molecule has 1 aromatic rings. The van der Waals surface area contributed by atoms with Crippen LogP contribution in [-0.2, 0) is 10.9 Å². The highest BCUT2D eigenvalue weighted by atomic mass is 19.4. The van der Waals surface area contributed by atoms with Crippen LogP contribution in [-0.4, -0.2) is 50.8 Å². The van der Waals surface area contributed by atoms with Crippen LogP contribution in [0.15, 0.2) is 18.2 Å². The van der Waals surface area contributed by atoms with Crippen LogP contribution in [0.2, 0.25) is 0 Å². The molecule has 0 saturated carbocycles. The van der Waals surface area contributed by atoms with E-state index in [9.17, 15) is 22.4 Å². The first-order chi connectivity index (χ1) is 12.3. The highest BCUT2D eigenvalue weighted by Gasteiger charge is 2.31. The van der Waals surface area contributed by atoms with Gasteiger partial charge in [0.25, 0.3) is 0 Å². The summed E-state index contributed by atoms with van der Waals surface area (Å²) >= 11 is 0. The number of halogens is 4. The Balaban J connectivity index is 1.85. The molecule has 0 radical (unpaired) electrons. The number of hydrogen-bond donors (Lipinski definition) is 2. The van der Waals surface area contributed by atoms with Crippen molar-refractivity contribution >= 4 is 11.7 Å². The Bertz CT molecular complexity index is 610. The van der Waals surface area contributed by atoms with Crippen LogP contribution < -0.4 is 10.6 Å². The number of piperidine rings is 1. The molecular formula is C17H23F4N3O2. The second kappa shape index (κ2) is 9.18. The maximum atomic E-state index is 13.7. The first kappa shape index (κ1) is 20.4. The van der Waals surface area contributed by atoms with E-state index in [0.29, 0.717) is 31.4 Å². The number of methoxy groups -OCH3 is 1. The second-order valence-electron chi connectivity index (χ2n) is 6.33. The van der Waals surface area contributed by atoms with E-state index in [4.69, 9.17) is 4.74 Å². The van der Waals surface area contributed by atoms with E-state index in [1.54, 1.807) is 7.11 Å². The molecular weight excluding hydrogens is 354 g/mol. The fraction of sp³-hybridized carbons (Fsp3) is 0.588. The van der Waals surface area contributed by atoms with Crippen molar-refractivity contribution in [1.82, 2.24) is 10.2 Å². The standard InChI is InChI=1S/C17H23F4N3O2/c1-26-8-7-24-6-2-3-12(11-24)10-22-16(25)23-15-9-13(17(19,20)21)4-5-14(15)18/h4-5,9,12H,2-3,6-8,10-11H2,1H3,(H2,22,23,25). The van der Waals surface area contributed by atoms with Crippen LogP contribution in [0, 0.1) is 11.7 Å². The fourth-order valence-electron chi connectivity index (χ4n) is 2.94. The first-order valence-electron chi connectivity index (χ1n) is 8.42. The van der Waals surface area contributed by atoms with Gasteiger partial charge in [-0.15, -0.1) is 0 Å². The number of rotatable bonds is 6. The van der Waals surface area contributed by atoms with Crippen LogP contribution in [0.3, 0.4) is 0 Å². The Kier molecular flexibility index (Phi) is 7.22. The minimum absolute atomic E-state index is 0.234. The third-order valence-corrected chi connectivity index (χ3v) is 4.31. The molecule has 1 fully saturated rings. The lowest BCUT2D eigenvalue weighted by Crippen LogP contribution is -2.42. The Morgan fingerprint density at radius 1 is 1.38 bits per heavy atom. The minimum atomic E-state index is -4.60. The lowest BCUT2D eigenvalue weighted by molar-refractivity contribution is -0.137. The number of likely N-dealkylation sites (tertiary alicyclic amines) is 1. The average molecular weight is 377 g/mol. The van der Waals surface area contributed by atoms with Gasteiger partial charge in [0.15, 0.2) is 0 Å². The zero-order valence-corrected chi connectivity index (χ0v) is 14.5. The van der Waals surface area contributed by atoms with Gasteiger partial charge in [-0.1, -0.05) is 0 Å². The predicted molar refractivity (Wildman–Crippen MR) is 89.5 cm³/mol. The van der Waals surface area contributed by atoms with Gasteiger partial charge in [-0.3, -0.25) is 0 Å². The molecule has 1 atom stereocenters. The summed E-state index contributed by atoms with van der Waals surface area (Å²) in [6.07, 6.45) is -2.66. The summed E-state index contributed by atoms with van der Waals surface area (Å²) in [5.41, 5.74) is -1.52. The number of ether oxygens (including phenoxy) is 1. The molecule has 1 unspecified atom stereocenters. The maximum absolute atomic E-state index is 13.7. The van der Waals surface area contributed by atoms with E-state index in [0.717, 1.165) is 32.5 Å². The number of nitrogens with zero attached hydrogens (tertiary/aromatic N) is 1. The zero-order valence-electron chi connectivity index (χ0n) is 14.5. The van der Waals surface area contributed by atoms with Crippen molar-refractivity contribution in [3.63, 3.8) is 0 Å². The number of benzene rings is 1. The topological polar surface area (TPSA) is 53.6 Å². The van der Waals surface area contributed by atoms with Crippen LogP contribution in [0.4, 0.5) is 28.0 Å². The first-order valence-corrected chi connectivity index (χ1v) is 8.42. The van der Waals surface area contributed by atoms with Crippen LogP contribution in [0.5, 0.6) is 0 Å². The smallest absolute Gasteiger partial charge is 0.383 e. The van der Waals surface area contributed by atoms with E-state index in [2.05, 4.69) is 15.5 Å². The van der Waals surface area contributed by atoms with Crippen molar-refractivity contribution in [2.45, 2.75) is 19.0 Å². The number of amides is 2. The van der Waals surface area contributed by atoms with Gasteiger partial charge in [0.1, 0.15) is 5.82 Å². The molecule has 0 aliphatic carbocycles. The highest BCUT2D eigenvalue weighted by Crippen LogP contribution is 2.31. The third kappa shape index (κ3) is 6.14. The third-order valence-electron chi connectivity index (χ3n) is 4.31. The summed E-state index contributed by atoms with van der Waals surface area (Å²) in [4.78, 5) is 14.2. The molecule has 1 heterocycles. The molecule has 1 saturated heterocycles. The van der Waals surface area contributed by atoms with E-state index < -0.39 is 29.3 Å². The van der Waals surface area contributed by atoms with Crippen molar-refractivity contribution in [2.24, 2.45) is 5.92 Å². The van der Waals surface area contributed by atoms with Crippen molar-refractivity contribution in [3.05, 3.63) is 29.6 Å². The largest absolute Gasteiger partial charge is 0.416 e. The molecule has 2 amide bonds. The fourth-order valence-corrected chi connectivity index (χ4v) is 2.94. The summed E-state index contributed by atoms with van der Waals surface area (Å²) in [6, 6.07) is 1.18. The van der Waals surface area contributed by atoms with Gasteiger partial charge in [-0.05, 0) is 43.5 Å². The molecule has 2 N–H and O–H groups in total. The molecule has 1 aliphatic rings. The molecule has 2 rings (SSSR count). The number of nitrogens with one attached hydrogen (secondary N) is 2. The van der Waals surface area contributed by atoms with Crippen molar-refractivity contribution < 1.29 is 27.1 Å². The normalized spacial score (nSPS) is 18.6. The second-order valence-corrected chi connectivity index (χ2v) is 6.33. The number of urea groups is 1. The van der Waals surface area contributed by atoms with E-state index in [-0.39, 0.29) is 5.92 Å². The van der Waals surface area contributed by atoms with Gasteiger partial charge in [0.05, 0.1) is 17.9 Å². The molecule has 0 spiro atoms. The summed E-state index contributed by atoms with van der Waals surface area (Å²) in [5, 5.41) is 4.76. The summed E-state index contributed by atoms with van der Waals surface area (Å²) in [5.74, 6) is -0.686. The summed E-state index contributed by atoms with van der Waals surface area (Å²) < 4.78 is 56.8. The van der Waals surface area contributed by atoms with Gasteiger partial charge in [-0.25, -0.2) is 9.18 Å². The molecule has 5 nitrogen and oxygen atoms in total. The zero-order chi connectivity index (χ0) is 19.2. The molecule has 0 bridgehead atoms. The van der Waals surface area contributed by atoms with Gasteiger partial charge in [0, 0.05) is 26.7 Å². The predicted octanol–water partition coefficient (Wildman–Crippen LogP) is 3.32. The highest BCUT2D eigenvalue weighted by molar-refractivity contribution is 5.89. The Hall–Kier alpha value is -1.87. The van der Waals surface area contributed by atoms with Crippen molar-refractivity contribution in [1.29, 1.82) is 0 Å². The Labute approximate surface area is 149 Å². The van der Waals surface area contributed by atoms with Crippen LogP contribution in [0.25, 0.3) is 0 Å². The average Bonchev–Trinajstić information content (AvgIpc) is 2.59. The van der Waals surface area contributed by atoms with Crippen molar-refractivity contribution in [3.8, 4) is 0 Å². The van der Waals surface area contributed by atoms with Crippen molar-refractivity contribution in [2.75, 3.05) is 45.2 Å². The van der Waals surface area contributed by atoms with Gasteiger partial charge < -0.3 is 20.3 Å². The lowest BCUT2D eigenvalue weighted by atomic mass is 9.98. The molecule has 26 heavy (non-hydrogen) atoms. The quantitative estimate of drug-likeness (QED) is 0.748. The number of alkyl halides is 3. The minimum Gasteiger partial charge on any atom is -0.383 e. The summed E-state index contributed by atoms with van der Waals surface area (Å²) in [7, 11) is 1.64. The number of anilines is 1. The van der Waals surface area contributed by atoms with Gasteiger partial charge in [-0.2, -0.15) is 13.2 Å². The maximum Gasteiger partial charge on any atom is 0.416 e. The number of carbonyl (C=O) groups excluding carboxylic acids is 1. The van der Waals surface area contributed by atoms with E-state index in [1.165, 1.54) is 0 Å². The number of hydrogen-bond acceptors (Lipinski definition) is 3. The number of carbonyl (C=O) groups is 1. The Morgan fingerprint density at radius 2 is 2.15 bits per heavy atom. The molecule has 146 valence electrons.